The Bertz CT molecular complexity index is 1160. The number of halogens is 3. The summed E-state index contributed by atoms with van der Waals surface area (Å²) in [4.78, 5) is 12.8. The van der Waals surface area contributed by atoms with Gasteiger partial charge in [0.25, 0.3) is 5.91 Å². The van der Waals surface area contributed by atoms with Gasteiger partial charge in [0.1, 0.15) is 5.82 Å². The van der Waals surface area contributed by atoms with Crippen LogP contribution >= 0.6 is 31.9 Å². The summed E-state index contributed by atoms with van der Waals surface area (Å²) in [5, 5.41) is 3.06. The van der Waals surface area contributed by atoms with E-state index in [4.69, 9.17) is 5.73 Å². The summed E-state index contributed by atoms with van der Waals surface area (Å²) in [6, 6.07) is 18.0. The quantitative estimate of drug-likeness (QED) is 0.150. The van der Waals surface area contributed by atoms with Crippen LogP contribution in [0.2, 0.25) is 0 Å². The summed E-state index contributed by atoms with van der Waals surface area (Å²) >= 11 is 7.32. The maximum Gasteiger partial charge on any atom is 0.251 e. The lowest BCUT2D eigenvalue weighted by Crippen LogP contribution is -2.24. The molecule has 0 aliphatic heterocycles. The van der Waals surface area contributed by atoms with Gasteiger partial charge in [0.05, 0.1) is 0 Å². The van der Waals surface area contributed by atoms with E-state index in [0.29, 0.717) is 18.5 Å². The third-order valence-electron chi connectivity index (χ3n) is 7.14. The first-order valence-corrected chi connectivity index (χ1v) is 15.8. The number of nitrogens with one attached hydrogen (secondary N) is 1. The first kappa shape index (κ1) is 31.5. The average Bonchev–Trinajstić information content (AvgIpc) is 2.93. The molecule has 0 heterocycles. The van der Waals surface area contributed by atoms with Gasteiger partial charge in [-0.15, -0.1) is 0 Å². The molecule has 3 rings (SSSR count). The van der Waals surface area contributed by atoms with E-state index in [-0.39, 0.29) is 17.8 Å². The molecule has 0 saturated carbocycles. The maximum absolute atomic E-state index is 13.3. The van der Waals surface area contributed by atoms with Crippen molar-refractivity contribution >= 4 is 37.8 Å². The molecule has 3 aromatic rings. The predicted molar refractivity (Wildman–Crippen MR) is 168 cm³/mol. The van der Waals surface area contributed by atoms with E-state index in [2.05, 4.69) is 50.2 Å². The van der Waals surface area contributed by atoms with Crippen molar-refractivity contribution in [1.82, 2.24) is 5.32 Å². The molecule has 1 amide bonds. The van der Waals surface area contributed by atoms with Crippen molar-refractivity contribution in [2.24, 2.45) is 5.73 Å². The van der Waals surface area contributed by atoms with E-state index in [1.54, 1.807) is 12.1 Å². The normalized spacial score (nSPS) is 11.9. The molecule has 0 aliphatic carbocycles. The van der Waals surface area contributed by atoms with Crippen molar-refractivity contribution in [2.75, 3.05) is 6.54 Å². The molecule has 39 heavy (non-hydrogen) atoms. The Morgan fingerprint density at radius 2 is 1.41 bits per heavy atom. The second-order valence-corrected chi connectivity index (χ2v) is 12.0. The van der Waals surface area contributed by atoms with Crippen molar-refractivity contribution < 1.29 is 9.18 Å². The van der Waals surface area contributed by atoms with Crippen LogP contribution in [0.5, 0.6) is 0 Å². The molecule has 6 heteroatoms. The van der Waals surface area contributed by atoms with Crippen molar-refractivity contribution in [3.63, 3.8) is 0 Å². The van der Waals surface area contributed by atoms with Gasteiger partial charge in [-0.25, -0.2) is 4.39 Å². The fourth-order valence-electron chi connectivity index (χ4n) is 4.77. The fraction of sp³-hybridized carbons (Fsp3) is 0.424. The highest BCUT2D eigenvalue weighted by Gasteiger charge is 2.16. The summed E-state index contributed by atoms with van der Waals surface area (Å²) in [7, 11) is 0. The molecule has 1 unspecified atom stereocenters. The smallest absolute Gasteiger partial charge is 0.251 e. The van der Waals surface area contributed by atoms with Gasteiger partial charge >= 0.3 is 0 Å². The number of hydrogen-bond donors (Lipinski definition) is 2. The Labute approximate surface area is 250 Å². The predicted octanol–water partition coefficient (Wildman–Crippen LogP) is 9.91. The number of unbranched alkanes of at least 4 members (excludes halogenated alkanes) is 9. The van der Waals surface area contributed by atoms with Crippen LogP contribution < -0.4 is 11.1 Å². The third kappa shape index (κ3) is 10.5. The molecule has 0 bridgehead atoms. The largest absolute Gasteiger partial charge is 0.352 e. The van der Waals surface area contributed by atoms with Gasteiger partial charge in [-0.2, -0.15) is 0 Å². The molecule has 0 aromatic heterocycles. The number of carbonyl (C=O) groups is 1. The lowest BCUT2D eigenvalue weighted by Gasteiger charge is -2.17. The molecule has 0 aliphatic rings. The first-order chi connectivity index (χ1) is 18.9. The maximum atomic E-state index is 13.3. The van der Waals surface area contributed by atoms with Gasteiger partial charge in [0.15, 0.2) is 0 Å². The van der Waals surface area contributed by atoms with Gasteiger partial charge in [0.2, 0.25) is 0 Å². The van der Waals surface area contributed by atoms with E-state index in [0.717, 1.165) is 44.0 Å². The molecule has 0 radical (unpaired) electrons. The number of nitrogens with two attached hydrogens (primary N) is 1. The fourth-order valence-corrected chi connectivity index (χ4v) is 6.28. The Morgan fingerprint density at radius 1 is 0.821 bits per heavy atom. The Morgan fingerprint density at radius 3 is 2.03 bits per heavy atom. The SMILES string of the molecule is CCCCCCCCCCCCNC(=O)c1cc(Br)c(CC(N)c2cccc(-c3ccc(F)cc3)c2)c(Br)c1. The molecule has 0 fully saturated rings. The minimum Gasteiger partial charge on any atom is -0.352 e. The van der Waals surface area contributed by atoms with Gasteiger partial charge < -0.3 is 11.1 Å². The van der Waals surface area contributed by atoms with Crippen molar-refractivity contribution in [3.8, 4) is 11.1 Å². The van der Waals surface area contributed by atoms with Crippen LogP contribution in [0.1, 0.15) is 98.7 Å². The monoisotopic (exact) mass is 658 g/mol. The first-order valence-electron chi connectivity index (χ1n) is 14.3. The highest BCUT2D eigenvalue weighted by atomic mass is 79.9. The highest BCUT2D eigenvalue weighted by Crippen LogP contribution is 2.32. The standard InChI is InChI=1S/C33H41Br2FN2O/c1-2-3-4-5-6-7-8-9-10-11-19-38-33(39)27-21-30(34)29(31(35)22-27)23-32(37)26-14-12-13-25(20-26)24-15-17-28(36)18-16-24/h12-18,20-22,32H,2-11,19,23,37H2,1H3,(H,38,39). The van der Waals surface area contributed by atoms with Gasteiger partial charge in [0, 0.05) is 27.1 Å². The lowest BCUT2D eigenvalue weighted by atomic mass is 9.95. The zero-order chi connectivity index (χ0) is 28.0. The number of amides is 1. The van der Waals surface area contributed by atoms with E-state index in [9.17, 15) is 9.18 Å². The van der Waals surface area contributed by atoms with Gasteiger partial charge in [-0.3, -0.25) is 4.79 Å². The molecule has 1 atom stereocenters. The summed E-state index contributed by atoms with van der Waals surface area (Å²) in [6.07, 6.45) is 13.4. The summed E-state index contributed by atoms with van der Waals surface area (Å²) in [5.41, 5.74) is 11.2. The molecule has 3 aromatic carbocycles. The van der Waals surface area contributed by atoms with Crippen LogP contribution in [0.15, 0.2) is 69.6 Å². The van der Waals surface area contributed by atoms with Crippen LogP contribution in [-0.4, -0.2) is 12.5 Å². The molecule has 3 N–H and O–H groups in total. The lowest BCUT2D eigenvalue weighted by molar-refractivity contribution is 0.0952. The van der Waals surface area contributed by atoms with Crippen molar-refractivity contribution in [3.05, 3.63) is 92.1 Å². The van der Waals surface area contributed by atoms with E-state index in [1.165, 1.54) is 63.5 Å². The van der Waals surface area contributed by atoms with E-state index >= 15 is 0 Å². The molecular weight excluding hydrogens is 619 g/mol. The summed E-state index contributed by atoms with van der Waals surface area (Å²) < 4.78 is 15.0. The van der Waals surface area contributed by atoms with Crippen LogP contribution in [0.25, 0.3) is 11.1 Å². The number of benzene rings is 3. The van der Waals surface area contributed by atoms with Crippen LogP contribution in [0, 0.1) is 5.82 Å². The summed E-state index contributed by atoms with van der Waals surface area (Å²) in [6.45, 7) is 2.95. The van der Waals surface area contributed by atoms with Crippen molar-refractivity contribution in [1.29, 1.82) is 0 Å². The molecular formula is C33H41Br2FN2O. The molecule has 3 nitrogen and oxygen atoms in total. The van der Waals surface area contributed by atoms with Gasteiger partial charge in [-0.1, -0.05) is 127 Å². The number of carbonyl (C=O) groups excluding carboxylic acids is 1. The molecule has 210 valence electrons. The Hall–Kier alpha value is -2.02. The highest BCUT2D eigenvalue weighted by molar-refractivity contribution is 9.11. The minimum absolute atomic E-state index is 0.0600. The van der Waals surface area contributed by atoms with Crippen molar-refractivity contribution in [2.45, 2.75) is 83.6 Å². The topological polar surface area (TPSA) is 55.1 Å². The number of rotatable bonds is 16. The number of hydrogen-bond acceptors (Lipinski definition) is 2. The second kappa shape index (κ2) is 16.9. The Balaban J connectivity index is 1.48. The van der Waals surface area contributed by atoms with Crippen LogP contribution in [0.4, 0.5) is 4.39 Å². The molecule has 0 spiro atoms. The van der Waals surface area contributed by atoms with E-state index in [1.807, 2.05) is 30.3 Å². The van der Waals surface area contributed by atoms with E-state index < -0.39 is 0 Å². The average molecular weight is 661 g/mol. The Kier molecular flexibility index (Phi) is 13.7. The third-order valence-corrected chi connectivity index (χ3v) is 8.55. The van der Waals surface area contributed by atoms with Crippen LogP contribution in [-0.2, 0) is 6.42 Å². The minimum atomic E-state index is -0.253. The zero-order valence-corrected chi connectivity index (χ0v) is 26.1. The summed E-state index contributed by atoms with van der Waals surface area (Å²) in [5.74, 6) is -0.313. The molecule has 0 saturated heterocycles. The second-order valence-electron chi connectivity index (χ2n) is 10.3. The van der Waals surface area contributed by atoms with Gasteiger partial charge in [-0.05, 0) is 65.4 Å². The van der Waals surface area contributed by atoms with Crippen LogP contribution in [0.3, 0.4) is 0 Å². The zero-order valence-electron chi connectivity index (χ0n) is 23.0.